The fourth-order valence-corrected chi connectivity index (χ4v) is 2.37. The number of esters is 1. The van der Waals surface area contributed by atoms with Gasteiger partial charge in [0.1, 0.15) is 17.1 Å². The van der Waals surface area contributed by atoms with E-state index in [1.165, 1.54) is 6.20 Å². The zero-order valence-corrected chi connectivity index (χ0v) is 14.6. The van der Waals surface area contributed by atoms with Crippen LogP contribution in [0.3, 0.4) is 0 Å². The summed E-state index contributed by atoms with van der Waals surface area (Å²) in [5, 5.41) is 0. The fourth-order valence-electron chi connectivity index (χ4n) is 2.37. The molecule has 24 heavy (non-hydrogen) atoms. The Kier molecular flexibility index (Phi) is 6.12. The normalized spacial score (nSPS) is 10.3. The summed E-state index contributed by atoms with van der Waals surface area (Å²) in [4.78, 5) is 23.2. The Morgan fingerprint density at radius 1 is 1.12 bits per heavy atom. The highest BCUT2D eigenvalue weighted by molar-refractivity contribution is 5.94. The molecule has 0 atom stereocenters. The number of rotatable bonds is 7. The second-order valence-electron chi connectivity index (χ2n) is 5.05. The number of ether oxygens (including phenoxy) is 2. The molecule has 0 fully saturated rings. The van der Waals surface area contributed by atoms with Gasteiger partial charge in [0.15, 0.2) is 5.82 Å². The standard InChI is InChI=1S/C18H23N3O3/c1-5-21(6-2)17-15(18(22)24-7-3)12-19-16(20-17)13-8-10-14(23-4)11-9-13/h8-12H,5-7H2,1-4H3. The van der Waals surface area contributed by atoms with Crippen LogP contribution in [-0.4, -0.2) is 42.7 Å². The molecule has 6 nitrogen and oxygen atoms in total. The third-order valence-electron chi connectivity index (χ3n) is 3.68. The van der Waals surface area contributed by atoms with E-state index in [4.69, 9.17) is 9.47 Å². The van der Waals surface area contributed by atoms with E-state index in [1.54, 1.807) is 14.0 Å². The highest BCUT2D eigenvalue weighted by Crippen LogP contribution is 2.24. The molecule has 0 bridgehead atoms. The lowest BCUT2D eigenvalue weighted by molar-refractivity contribution is 0.0526. The van der Waals surface area contributed by atoms with Crippen LogP contribution in [0.5, 0.6) is 5.75 Å². The monoisotopic (exact) mass is 329 g/mol. The molecule has 0 spiro atoms. The van der Waals surface area contributed by atoms with E-state index in [1.807, 2.05) is 43.0 Å². The molecule has 0 amide bonds. The predicted octanol–water partition coefficient (Wildman–Crippen LogP) is 3.18. The first kappa shape index (κ1) is 17.7. The highest BCUT2D eigenvalue weighted by atomic mass is 16.5. The van der Waals surface area contributed by atoms with Crippen molar-refractivity contribution >= 4 is 11.8 Å². The van der Waals surface area contributed by atoms with Gasteiger partial charge in [0.2, 0.25) is 0 Å². The third kappa shape index (κ3) is 3.82. The number of aromatic nitrogens is 2. The minimum Gasteiger partial charge on any atom is -0.497 e. The molecule has 0 saturated heterocycles. The maximum atomic E-state index is 12.2. The van der Waals surface area contributed by atoms with Crippen LogP contribution < -0.4 is 9.64 Å². The molecule has 6 heteroatoms. The average Bonchev–Trinajstić information content (AvgIpc) is 2.63. The molecule has 1 aromatic carbocycles. The number of hydrogen-bond donors (Lipinski definition) is 0. The molecule has 0 aliphatic rings. The smallest absolute Gasteiger partial charge is 0.343 e. The maximum Gasteiger partial charge on any atom is 0.343 e. The summed E-state index contributed by atoms with van der Waals surface area (Å²) >= 11 is 0. The van der Waals surface area contributed by atoms with Crippen molar-refractivity contribution in [3.8, 4) is 17.1 Å². The van der Waals surface area contributed by atoms with E-state index in [0.29, 0.717) is 23.8 Å². The second kappa shape index (κ2) is 8.29. The van der Waals surface area contributed by atoms with Crippen LogP contribution in [0.2, 0.25) is 0 Å². The van der Waals surface area contributed by atoms with Gasteiger partial charge in [-0.1, -0.05) is 0 Å². The number of carbonyl (C=O) groups excluding carboxylic acids is 1. The van der Waals surface area contributed by atoms with Crippen LogP contribution in [0.4, 0.5) is 5.82 Å². The van der Waals surface area contributed by atoms with Gasteiger partial charge in [0, 0.05) is 24.8 Å². The molecule has 128 valence electrons. The number of anilines is 1. The van der Waals surface area contributed by atoms with Crippen molar-refractivity contribution in [2.45, 2.75) is 20.8 Å². The van der Waals surface area contributed by atoms with Crippen LogP contribution >= 0.6 is 0 Å². The van der Waals surface area contributed by atoms with Gasteiger partial charge in [-0.3, -0.25) is 0 Å². The van der Waals surface area contributed by atoms with Crippen molar-refractivity contribution in [2.24, 2.45) is 0 Å². The third-order valence-corrected chi connectivity index (χ3v) is 3.68. The van der Waals surface area contributed by atoms with Gasteiger partial charge < -0.3 is 14.4 Å². The lowest BCUT2D eigenvalue weighted by Gasteiger charge is -2.22. The molecule has 1 aromatic heterocycles. The molecule has 0 aliphatic carbocycles. The molecular formula is C18H23N3O3. The van der Waals surface area contributed by atoms with Gasteiger partial charge in [-0.15, -0.1) is 0 Å². The summed E-state index contributed by atoms with van der Waals surface area (Å²) in [6.45, 7) is 7.61. The topological polar surface area (TPSA) is 64.5 Å². The molecule has 2 aromatic rings. The van der Waals surface area contributed by atoms with Crippen molar-refractivity contribution in [3.05, 3.63) is 36.0 Å². The zero-order valence-electron chi connectivity index (χ0n) is 14.6. The lowest BCUT2D eigenvalue weighted by Crippen LogP contribution is -2.26. The van der Waals surface area contributed by atoms with Gasteiger partial charge in [0.25, 0.3) is 0 Å². The average molecular weight is 329 g/mol. The number of hydrogen-bond acceptors (Lipinski definition) is 6. The lowest BCUT2D eigenvalue weighted by atomic mass is 10.2. The molecule has 0 aliphatic heterocycles. The number of nitrogens with zero attached hydrogens (tertiary/aromatic N) is 3. The van der Waals surface area contributed by atoms with Gasteiger partial charge in [0.05, 0.1) is 13.7 Å². The Morgan fingerprint density at radius 3 is 2.33 bits per heavy atom. The van der Waals surface area contributed by atoms with Crippen LogP contribution in [0, 0.1) is 0 Å². The molecule has 0 radical (unpaired) electrons. The Balaban J connectivity index is 2.47. The minimum absolute atomic E-state index is 0.316. The Hall–Kier alpha value is -2.63. The first-order valence-corrected chi connectivity index (χ1v) is 8.08. The number of benzene rings is 1. The van der Waals surface area contributed by atoms with E-state index in [-0.39, 0.29) is 0 Å². The summed E-state index contributed by atoms with van der Waals surface area (Å²) in [7, 11) is 1.62. The SMILES string of the molecule is CCOC(=O)c1cnc(-c2ccc(OC)cc2)nc1N(CC)CC. The second-order valence-corrected chi connectivity index (χ2v) is 5.05. The van der Waals surface area contributed by atoms with Gasteiger partial charge >= 0.3 is 5.97 Å². The van der Waals surface area contributed by atoms with Crippen molar-refractivity contribution in [1.29, 1.82) is 0 Å². The minimum atomic E-state index is -0.402. The van der Waals surface area contributed by atoms with Crippen LogP contribution in [-0.2, 0) is 4.74 Å². The quantitative estimate of drug-likeness (QED) is 0.727. The molecule has 0 unspecified atom stereocenters. The van der Waals surface area contributed by atoms with Crippen LogP contribution in [0.1, 0.15) is 31.1 Å². The highest BCUT2D eigenvalue weighted by Gasteiger charge is 2.20. The summed E-state index contributed by atoms with van der Waals surface area (Å²) in [5.74, 6) is 1.53. The van der Waals surface area contributed by atoms with E-state index in [0.717, 1.165) is 24.4 Å². The molecule has 1 heterocycles. The summed E-state index contributed by atoms with van der Waals surface area (Å²) < 4.78 is 10.3. The molecule has 0 N–H and O–H groups in total. The Bertz CT molecular complexity index is 682. The predicted molar refractivity (Wildman–Crippen MR) is 93.5 cm³/mol. The largest absolute Gasteiger partial charge is 0.497 e. The summed E-state index contributed by atoms with van der Waals surface area (Å²) in [6, 6.07) is 7.50. The van der Waals surface area contributed by atoms with Crippen molar-refractivity contribution in [3.63, 3.8) is 0 Å². The van der Waals surface area contributed by atoms with Crippen molar-refractivity contribution < 1.29 is 14.3 Å². The van der Waals surface area contributed by atoms with Gasteiger partial charge in [-0.05, 0) is 45.0 Å². The van der Waals surface area contributed by atoms with E-state index < -0.39 is 5.97 Å². The van der Waals surface area contributed by atoms with Crippen molar-refractivity contribution in [2.75, 3.05) is 31.7 Å². The first-order chi connectivity index (χ1) is 11.6. The Labute approximate surface area is 142 Å². The molecule has 2 rings (SSSR count). The van der Waals surface area contributed by atoms with E-state index in [9.17, 15) is 4.79 Å². The summed E-state index contributed by atoms with van der Waals surface area (Å²) in [6.07, 6.45) is 1.54. The fraction of sp³-hybridized carbons (Fsp3) is 0.389. The van der Waals surface area contributed by atoms with Gasteiger partial charge in [-0.25, -0.2) is 14.8 Å². The number of carbonyl (C=O) groups is 1. The summed E-state index contributed by atoms with van der Waals surface area (Å²) in [5.41, 5.74) is 1.25. The first-order valence-electron chi connectivity index (χ1n) is 8.08. The molecular weight excluding hydrogens is 306 g/mol. The van der Waals surface area contributed by atoms with E-state index in [2.05, 4.69) is 9.97 Å². The van der Waals surface area contributed by atoms with Crippen molar-refractivity contribution in [1.82, 2.24) is 9.97 Å². The molecule has 0 saturated carbocycles. The Morgan fingerprint density at radius 2 is 1.79 bits per heavy atom. The number of methoxy groups -OCH3 is 1. The van der Waals surface area contributed by atoms with Crippen LogP contribution in [0.25, 0.3) is 11.4 Å². The van der Waals surface area contributed by atoms with Crippen LogP contribution in [0.15, 0.2) is 30.5 Å². The van der Waals surface area contributed by atoms with Gasteiger partial charge in [-0.2, -0.15) is 0 Å². The zero-order chi connectivity index (χ0) is 17.5. The maximum absolute atomic E-state index is 12.2. The van der Waals surface area contributed by atoms with E-state index >= 15 is 0 Å².